The van der Waals surface area contributed by atoms with E-state index in [0.717, 1.165) is 4.70 Å². The Balaban J connectivity index is 1.61. The Hall–Kier alpha value is -2.56. The van der Waals surface area contributed by atoms with Gasteiger partial charge in [-0.1, -0.05) is 22.8 Å². The van der Waals surface area contributed by atoms with Gasteiger partial charge in [0.25, 0.3) is 11.8 Å². The van der Waals surface area contributed by atoms with E-state index in [2.05, 4.69) is 10.5 Å². The molecular formula is C19H16ClN3O5S2. The van der Waals surface area contributed by atoms with Gasteiger partial charge in [-0.2, -0.15) is 0 Å². The number of halogens is 1. The molecule has 1 aromatic heterocycles. The van der Waals surface area contributed by atoms with Crippen LogP contribution < -0.4 is 5.32 Å². The summed E-state index contributed by atoms with van der Waals surface area (Å²) in [5.41, 5.74) is 1.09. The van der Waals surface area contributed by atoms with Crippen molar-refractivity contribution in [3.05, 3.63) is 45.4 Å². The maximum atomic E-state index is 13.0. The third kappa shape index (κ3) is 3.24. The topological polar surface area (TPSA) is 108 Å². The molecule has 0 bridgehead atoms. The van der Waals surface area contributed by atoms with E-state index in [1.165, 1.54) is 35.1 Å². The van der Waals surface area contributed by atoms with Crippen molar-refractivity contribution in [2.45, 2.75) is 18.3 Å². The summed E-state index contributed by atoms with van der Waals surface area (Å²) in [5, 5.41) is 18.4. The number of oxime groups is 1. The molecule has 2 N–H and O–H groups in total. The molecule has 2 aromatic rings. The largest absolute Gasteiger partial charge is 0.477 e. The number of rotatable bonds is 5. The molecule has 30 heavy (non-hydrogen) atoms. The molecule has 0 saturated carbocycles. The molecule has 1 aromatic carbocycles. The Morgan fingerprint density at radius 1 is 1.40 bits per heavy atom. The van der Waals surface area contributed by atoms with Gasteiger partial charge in [-0.05, 0) is 24.6 Å². The number of hydrogen-bond acceptors (Lipinski definition) is 7. The van der Waals surface area contributed by atoms with Crippen molar-refractivity contribution in [1.82, 2.24) is 10.2 Å². The maximum absolute atomic E-state index is 13.0. The van der Waals surface area contributed by atoms with Gasteiger partial charge in [-0.15, -0.1) is 23.1 Å². The molecule has 8 nitrogen and oxygen atoms in total. The highest BCUT2D eigenvalue weighted by molar-refractivity contribution is 8.00. The number of thioether (sulfide) groups is 1. The molecule has 1 unspecified atom stereocenters. The fourth-order valence-electron chi connectivity index (χ4n) is 3.51. The van der Waals surface area contributed by atoms with Crippen molar-refractivity contribution in [2.24, 2.45) is 5.16 Å². The monoisotopic (exact) mass is 465 g/mol. The van der Waals surface area contributed by atoms with Gasteiger partial charge < -0.3 is 15.3 Å². The number of β-lactam (4-membered cyclic amide) rings is 1. The summed E-state index contributed by atoms with van der Waals surface area (Å²) in [4.78, 5) is 43.3. The summed E-state index contributed by atoms with van der Waals surface area (Å²) >= 11 is 9.14. The fraction of sp³-hybridized carbons (Fsp3) is 0.263. The van der Waals surface area contributed by atoms with E-state index in [1.54, 1.807) is 18.4 Å². The number of hydrogen-bond donors (Lipinski definition) is 2. The molecule has 2 aliphatic heterocycles. The molecular weight excluding hydrogens is 450 g/mol. The van der Waals surface area contributed by atoms with Crippen LogP contribution in [0, 0.1) is 0 Å². The second-order valence-electron chi connectivity index (χ2n) is 6.68. The number of thiophene rings is 1. The van der Waals surface area contributed by atoms with Crippen LogP contribution in [-0.4, -0.2) is 57.8 Å². The Morgan fingerprint density at radius 2 is 2.17 bits per heavy atom. The summed E-state index contributed by atoms with van der Waals surface area (Å²) in [6, 6.07) is 4.56. The maximum Gasteiger partial charge on any atom is 0.352 e. The van der Waals surface area contributed by atoms with E-state index in [9.17, 15) is 19.5 Å². The molecule has 2 amide bonds. The lowest BCUT2D eigenvalue weighted by Crippen LogP contribution is -2.71. The molecule has 0 spiro atoms. The minimum Gasteiger partial charge on any atom is -0.477 e. The number of benzene rings is 1. The van der Waals surface area contributed by atoms with Crippen LogP contribution in [0.15, 0.2) is 40.0 Å². The van der Waals surface area contributed by atoms with Crippen molar-refractivity contribution in [3.8, 4) is 0 Å². The van der Waals surface area contributed by atoms with Crippen LogP contribution in [-0.2, 0) is 19.2 Å². The fourth-order valence-corrected chi connectivity index (χ4v) is 6.10. The summed E-state index contributed by atoms with van der Waals surface area (Å²) < 4.78 is 0.884. The Kier molecular flexibility index (Phi) is 5.48. The Morgan fingerprint density at radius 3 is 2.87 bits per heavy atom. The van der Waals surface area contributed by atoms with Crippen molar-refractivity contribution in [3.63, 3.8) is 0 Å². The van der Waals surface area contributed by atoms with E-state index in [-0.39, 0.29) is 11.4 Å². The first-order chi connectivity index (χ1) is 14.3. The highest BCUT2D eigenvalue weighted by atomic mass is 35.5. The first-order valence-electron chi connectivity index (χ1n) is 8.81. The zero-order valence-electron chi connectivity index (χ0n) is 15.8. The van der Waals surface area contributed by atoms with Crippen LogP contribution in [0.2, 0.25) is 5.02 Å². The molecule has 2 atom stereocenters. The predicted molar refractivity (Wildman–Crippen MR) is 116 cm³/mol. The minimum atomic E-state index is -1.16. The van der Waals surface area contributed by atoms with E-state index >= 15 is 0 Å². The average Bonchev–Trinajstić information content (AvgIpc) is 3.14. The van der Waals surface area contributed by atoms with Gasteiger partial charge in [0.2, 0.25) is 0 Å². The van der Waals surface area contributed by atoms with E-state index < -0.39 is 29.2 Å². The normalized spacial score (nSPS) is 21.4. The quantitative estimate of drug-likeness (QED) is 0.399. The second kappa shape index (κ2) is 7.93. The predicted octanol–water partition coefficient (Wildman–Crippen LogP) is 2.66. The van der Waals surface area contributed by atoms with E-state index in [0.29, 0.717) is 27.3 Å². The summed E-state index contributed by atoms with van der Waals surface area (Å²) in [7, 11) is 1.32. The number of fused-ring (bicyclic) bond motifs is 2. The van der Waals surface area contributed by atoms with E-state index in [1.807, 2.05) is 12.1 Å². The highest BCUT2D eigenvalue weighted by Crippen LogP contribution is 2.40. The number of carbonyl (C=O) groups excluding carboxylic acids is 2. The molecule has 0 aliphatic carbocycles. The van der Waals surface area contributed by atoms with Crippen molar-refractivity contribution in [2.75, 3.05) is 12.9 Å². The van der Waals surface area contributed by atoms with Gasteiger partial charge in [0.05, 0.1) is 0 Å². The number of carbonyl (C=O) groups is 3. The van der Waals surface area contributed by atoms with Crippen molar-refractivity contribution >= 4 is 68.3 Å². The standard InChI is InChI=1S/C19H16ClN3O5S2/c1-8-6-30-18-14(17(25)23(18)15(8)19(26)27)21-16(24)13(22-28-2)9-7-29-11-5-3-4-10(20)12(9)11/h3-5,7,14,18H,6H2,1-2H3,(H,21,24)(H,26,27)/t14?,18-/m0/s1. The summed E-state index contributed by atoms with van der Waals surface area (Å²) in [6.45, 7) is 1.68. The van der Waals surface area contributed by atoms with Crippen LogP contribution in [0.4, 0.5) is 0 Å². The van der Waals surface area contributed by atoms with Gasteiger partial charge in [-0.3, -0.25) is 14.5 Å². The summed E-state index contributed by atoms with van der Waals surface area (Å²) in [6.07, 6.45) is 0. The summed E-state index contributed by atoms with van der Waals surface area (Å²) in [5.74, 6) is -1.76. The number of carboxylic acids is 1. The van der Waals surface area contributed by atoms with Crippen LogP contribution in [0.3, 0.4) is 0 Å². The number of amides is 2. The molecule has 0 radical (unpaired) electrons. The van der Waals surface area contributed by atoms with Gasteiger partial charge in [-0.25, -0.2) is 4.79 Å². The van der Waals surface area contributed by atoms with Gasteiger partial charge >= 0.3 is 5.97 Å². The number of aliphatic carboxylic acids is 1. The zero-order chi connectivity index (χ0) is 21.6. The van der Waals surface area contributed by atoms with Crippen LogP contribution >= 0.6 is 34.7 Å². The third-order valence-corrected chi connectivity index (χ3v) is 7.54. The Labute approximate surface area is 184 Å². The molecule has 1 saturated heterocycles. The number of carboxylic acid groups (broad SMARTS) is 1. The minimum absolute atomic E-state index is 0.00547. The SMILES string of the molecule is CON=C(C(=O)NC1C(=O)N2C(C(=O)O)=C(C)CS[C@@H]12)c1csc2cccc(Cl)c12. The first kappa shape index (κ1) is 20.7. The lowest BCUT2D eigenvalue weighted by Gasteiger charge is -2.49. The van der Waals surface area contributed by atoms with Crippen LogP contribution in [0.25, 0.3) is 10.1 Å². The molecule has 2 aliphatic rings. The lowest BCUT2D eigenvalue weighted by atomic mass is 10.0. The number of nitrogens with one attached hydrogen (secondary N) is 1. The molecule has 3 heterocycles. The van der Waals surface area contributed by atoms with Gasteiger partial charge in [0.15, 0.2) is 5.71 Å². The molecule has 11 heteroatoms. The average molecular weight is 466 g/mol. The smallest absolute Gasteiger partial charge is 0.352 e. The first-order valence-corrected chi connectivity index (χ1v) is 11.1. The van der Waals surface area contributed by atoms with Gasteiger partial charge in [0, 0.05) is 31.8 Å². The molecule has 156 valence electrons. The zero-order valence-corrected chi connectivity index (χ0v) is 18.2. The Bertz CT molecular complexity index is 1140. The third-order valence-electron chi connectivity index (χ3n) is 4.85. The number of nitrogens with zero attached hydrogens (tertiary/aromatic N) is 2. The van der Waals surface area contributed by atoms with Gasteiger partial charge in [0.1, 0.15) is 24.2 Å². The van der Waals surface area contributed by atoms with Crippen molar-refractivity contribution in [1.29, 1.82) is 0 Å². The molecule has 4 rings (SSSR count). The highest BCUT2D eigenvalue weighted by Gasteiger charge is 2.54. The lowest BCUT2D eigenvalue weighted by molar-refractivity contribution is -0.150. The van der Waals surface area contributed by atoms with E-state index in [4.69, 9.17) is 16.4 Å². The molecule has 1 fully saturated rings. The van der Waals surface area contributed by atoms with Crippen molar-refractivity contribution < 1.29 is 24.3 Å². The second-order valence-corrected chi connectivity index (χ2v) is 9.10. The van der Waals surface area contributed by atoms with Crippen LogP contribution in [0.1, 0.15) is 12.5 Å². The van der Waals surface area contributed by atoms with Crippen LogP contribution in [0.5, 0.6) is 0 Å².